The zero-order chi connectivity index (χ0) is 18.5. The molecule has 1 aromatic carbocycles. The van der Waals surface area contributed by atoms with Crippen LogP contribution in [-0.4, -0.2) is 35.7 Å². The molecule has 0 aliphatic rings. The predicted molar refractivity (Wildman–Crippen MR) is 86.9 cm³/mol. The molecule has 0 atom stereocenters. The summed E-state index contributed by atoms with van der Waals surface area (Å²) in [7, 11) is -9.38. The van der Waals surface area contributed by atoms with Crippen molar-refractivity contribution in [3.05, 3.63) is 40.3 Å². The van der Waals surface area contributed by atoms with Crippen LogP contribution in [0.1, 0.15) is 29.3 Å². The molecule has 0 spiro atoms. The third kappa shape index (κ3) is 5.77. The fraction of sp³-hybridized carbons (Fsp3) is 0.308. The fourth-order valence-electron chi connectivity index (χ4n) is 2.01. The van der Waals surface area contributed by atoms with E-state index in [1.54, 1.807) is 20.8 Å². The predicted octanol–water partition coefficient (Wildman–Crippen LogP) is -4.81. The van der Waals surface area contributed by atoms with Gasteiger partial charge in [-0.2, -0.15) is 16.8 Å². The molecule has 0 aliphatic carbocycles. The molecule has 0 fully saturated rings. The Hall–Kier alpha value is 0.0500. The van der Waals surface area contributed by atoms with E-state index in [-0.39, 0.29) is 62.0 Å². The minimum absolute atomic E-state index is 0. The second-order valence-corrected chi connectivity index (χ2v) is 8.98. The van der Waals surface area contributed by atoms with Crippen molar-refractivity contribution in [3.63, 3.8) is 0 Å². The molecule has 9 nitrogen and oxygen atoms in total. The Bertz CT molecular complexity index is 1080. The maximum absolute atomic E-state index is 12.2. The second kappa shape index (κ2) is 8.60. The van der Waals surface area contributed by atoms with Gasteiger partial charge >= 0.3 is 59.1 Å². The normalized spacial score (nSPS) is 12.2. The monoisotopic (exact) mass is 424 g/mol. The molecule has 0 amide bonds. The zero-order valence-corrected chi connectivity index (χ0v) is 20.6. The Balaban J connectivity index is -0.00000156. The summed E-state index contributed by atoms with van der Waals surface area (Å²) in [4.78, 5) is 10.9. The number of nitrogens with zero attached hydrogens (tertiary/aromatic N) is 1. The SMILES string of the molecule is CC(C)(C)c1cc(=O)n(-c2cc(S(=O)(=O)O)ccc2S(=O)(=O)O)[nH]1.[H-].[H-].[Na+].[Na+]. The van der Waals surface area contributed by atoms with Gasteiger partial charge in [0.1, 0.15) is 4.90 Å². The van der Waals surface area contributed by atoms with Crippen molar-refractivity contribution < 1.29 is 87.9 Å². The molecule has 1 heterocycles. The molecular formula is C13H18N2Na2O7S2. The Morgan fingerprint density at radius 1 is 1.00 bits per heavy atom. The first kappa shape index (κ1) is 26.1. The zero-order valence-electron chi connectivity index (χ0n) is 17.0. The Morgan fingerprint density at radius 2 is 1.54 bits per heavy atom. The standard InChI is InChI=1S/C13H16N2O7S2.2Na.2H/c1-13(2,3)11-7-12(16)15(14-11)9-6-8(23(17,18)19)4-5-10(9)24(20,21)22;;;;/h4-7,14H,1-3H3,(H,17,18,19)(H,20,21,22);;;;/q;2*+1;2*-1. The molecule has 0 unspecified atom stereocenters. The van der Waals surface area contributed by atoms with Gasteiger partial charge in [0.25, 0.3) is 25.8 Å². The number of aromatic nitrogens is 2. The van der Waals surface area contributed by atoms with Crippen LogP contribution in [0.3, 0.4) is 0 Å². The average molecular weight is 424 g/mol. The molecule has 2 rings (SSSR count). The van der Waals surface area contributed by atoms with Gasteiger partial charge in [0.15, 0.2) is 0 Å². The number of nitrogens with one attached hydrogen (secondary N) is 1. The van der Waals surface area contributed by atoms with Crippen LogP contribution in [0.5, 0.6) is 0 Å². The Labute approximate surface area is 198 Å². The van der Waals surface area contributed by atoms with Gasteiger partial charge in [0, 0.05) is 17.2 Å². The van der Waals surface area contributed by atoms with Crippen LogP contribution < -0.4 is 64.7 Å². The summed E-state index contributed by atoms with van der Waals surface area (Å²) in [5.41, 5.74) is -1.08. The van der Waals surface area contributed by atoms with E-state index in [0.29, 0.717) is 5.69 Å². The van der Waals surface area contributed by atoms with E-state index in [4.69, 9.17) is 4.55 Å². The number of hydrogen-bond donors (Lipinski definition) is 3. The number of H-pyrrole nitrogens is 1. The van der Waals surface area contributed by atoms with Crippen LogP contribution in [-0.2, 0) is 25.7 Å². The first-order valence-corrected chi connectivity index (χ1v) is 9.51. The summed E-state index contributed by atoms with van der Waals surface area (Å²) in [5, 5.41) is 2.68. The van der Waals surface area contributed by atoms with E-state index in [2.05, 4.69) is 5.10 Å². The molecule has 0 bridgehead atoms. The summed E-state index contributed by atoms with van der Waals surface area (Å²) in [6, 6.07) is 3.61. The van der Waals surface area contributed by atoms with E-state index in [1.165, 1.54) is 6.07 Å². The molecule has 0 saturated heterocycles. The smallest absolute Gasteiger partial charge is 1.00 e. The number of rotatable bonds is 3. The van der Waals surface area contributed by atoms with Crippen molar-refractivity contribution in [3.8, 4) is 5.69 Å². The van der Waals surface area contributed by atoms with Crippen LogP contribution in [0, 0.1) is 0 Å². The van der Waals surface area contributed by atoms with E-state index in [1.807, 2.05) is 0 Å². The molecule has 3 N–H and O–H groups in total. The fourth-order valence-corrected chi connectivity index (χ4v) is 3.16. The summed E-state index contributed by atoms with van der Waals surface area (Å²) >= 11 is 0. The molecule has 1 aromatic heterocycles. The van der Waals surface area contributed by atoms with Gasteiger partial charge in [-0.1, -0.05) is 20.8 Å². The Kier molecular flexibility index (Phi) is 8.61. The van der Waals surface area contributed by atoms with Crippen LogP contribution in [0.4, 0.5) is 0 Å². The molecule has 0 aliphatic heterocycles. The molecule has 136 valence electrons. The summed E-state index contributed by atoms with van der Waals surface area (Å²) in [5.74, 6) is 0. The van der Waals surface area contributed by atoms with Gasteiger partial charge in [-0.25, -0.2) is 4.68 Å². The summed E-state index contributed by atoms with van der Waals surface area (Å²) in [6.07, 6.45) is 0. The first-order valence-electron chi connectivity index (χ1n) is 6.63. The number of aromatic amines is 1. The molecular weight excluding hydrogens is 406 g/mol. The third-order valence-electron chi connectivity index (χ3n) is 3.28. The van der Waals surface area contributed by atoms with Gasteiger partial charge in [0.05, 0.1) is 10.6 Å². The molecule has 26 heavy (non-hydrogen) atoms. The number of hydrogen-bond acceptors (Lipinski definition) is 5. The quantitative estimate of drug-likeness (QED) is 0.331. The summed E-state index contributed by atoms with van der Waals surface area (Å²) < 4.78 is 64.8. The minimum Gasteiger partial charge on any atom is -1.00 e. The van der Waals surface area contributed by atoms with Crippen LogP contribution >= 0.6 is 0 Å². The largest absolute Gasteiger partial charge is 1.00 e. The second-order valence-electron chi connectivity index (χ2n) is 6.17. The maximum atomic E-state index is 12.2. The van der Waals surface area contributed by atoms with Crippen molar-refractivity contribution in [2.45, 2.75) is 36.0 Å². The van der Waals surface area contributed by atoms with Crippen LogP contribution in [0.25, 0.3) is 5.69 Å². The van der Waals surface area contributed by atoms with Crippen molar-refractivity contribution >= 4 is 20.2 Å². The molecule has 0 saturated carbocycles. The first-order chi connectivity index (χ1) is 10.7. The van der Waals surface area contributed by atoms with Crippen molar-refractivity contribution in [2.24, 2.45) is 0 Å². The number of benzene rings is 1. The summed E-state index contributed by atoms with van der Waals surface area (Å²) in [6.45, 7) is 5.42. The van der Waals surface area contributed by atoms with Crippen LogP contribution in [0.15, 0.2) is 38.9 Å². The van der Waals surface area contributed by atoms with Crippen molar-refractivity contribution in [1.82, 2.24) is 9.78 Å². The molecule has 13 heteroatoms. The van der Waals surface area contributed by atoms with Gasteiger partial charge in [0.2, 0.25) is 0 Å². The van der Waals surface area contributed by atoms with E-state index in [0.717, 1.165) is 22.9 Å². The van der Waals surface area contributed by atoms with Gasteiger partial charge in [-0.3, -0.25) is 19.0 Å². The Morgan fingerprint density at radius 3 is 1.92 bits per heavy atom. The van der Waals surface area contributed by atoms with E-state index >= 15 is 0 Å². The topological polar surface area (TPSA) is 147 Å². The van der Waals surface area contributed by atoms with Crippen molar-refractivity contribution in [2.75, 3.05) is 0 Å². The van der Waals surface area contributed by atoms with Gasteiger partial charge in [-0.15, -0.1) is 0 Å². The molecule has 0 radical (unpaired) electrons. The van der Waals surface area contributed by atoms with Crippen LogP contribution in [0.2, 0.25) is 0 Å². The van der Waals surface area contributed by atoms with Gasteiger partial charge in [-0.05, 0) is 18.2 Å². The van der Waals surface area contributed by atoms with Gasteiger partial charge < -0.3 is 2.85 Å². The van der Waals surface area contributed by atoms with E-state index < -0.39 is 46.7 Å². The molecule has 2 aromatic rings. The minimum atomic E-state index is -4.74. The average Bonchev–Trinajstić information content (AvgIpc) is 2.78. The third-order valence-corrected chi connectivity index (χ3v) is 5.03. The van der Waals surface area contributed by atoms with E-state index in [9.17, 15) is 26.2 Å². The maximum Gasteiger partial charge on any atom is 1.00 e. The van der Waals surface area contributed by atoms with Crippen molar-refractivity contribution in [1.29, 1.82) is 0 Å².